The average Bonchev–Trinajstić information content (AvgIpc) is 3.11. The van der Waals surface area contributed by atoms with Gasteiger partial charge in [0.05, 0.1) is 6.10 Å². The third kappa shape index (κ3) is 2.76. The predicted molar refractivity (Wildman–Crippen MR) is 94.7 cm³/mol. The number of ether oxygens (including phenoxy) is 1. The van der Waals surface area contributed by atoms with Gasteiger partial charge in [-0.3, -0.25) is 0 Å². The first-order valence-corrected chi connectivity index (χ1v) is 10.2. The first kappa shape index (κ1) is 16.1. The van der Waals surface area contributed by atoms with Gasteiger partial charge in [0.25, 0.3) is 0 Å². The molecular weight excluding hydrogens is 324 g/mol. The molecule has 1 aromatic carbocycles. The van der Waals surface area contributed by atoms with Crippen molar-refractivity contribution in [2.75, 3.05) is 6.61 Å². The van der Waals surface area contributed by atoms with E-state index in [9.17, 15) is 8.42 Å². The fraction of sp³-hybridized carbons (Fsp3) is 0.556. The van der Waals surface area contributed by atoms with Crippen LogP contribution in [0, 0.1) is 6.92 Å². The molecule has 1 fully saturated rings. The number of benzene rings is 1. The van der Waals surface area contributed by atoms with Gasteiger partial charge in [-0.2, -0.15) is 0 Å². The van der Waals surface area contributed by atoms with Crippen molar-refractivity contribution in [2.45, 2.75) is 56.9 Å². The molecule has 130 valence electrons. The Kier molecular flexibility index (Phi) is 3.94. The van der Waals surface area contributed by atoms with Crippen molar-refractivity contribution < 1.29 is 13.2 Å². The number of aryl methyl sites for hydroxylation is 2. The summed E-state index contributed by atoms with van der Waals surface area (Å²) in [5.41, 5.74) is 4.89. The third-order valence-electron chi connectivity index (χ3n) is 5.38. The minimum atomic E-state index is -3.34. The van der Waals surface area contributed by atoms with Crippen molar-refractivity contribution in [3.63, 3.8) is 0 Å². The second-order valence-corrected chi connectivity index (χ2v) is 9.07. The molecule has 0 saturated carbocycles. The lowest BCUT2D eigenvalue weighted by molar-refractivity contribution is 0.126. The zero-order valence-corrected chi connectivity index (χ0v) is 14.9. The van der Waals surface area contributed by atoms with Crippen molar-refractivity contribution in [3.8, 4) is 0 Å². The third-order valence-corrected chi connectivity index (χ3v) is 7.46. The molecule has 24 heavy (non-hydrogen) atoms. The van der Waals surface area contributed by atoms with Gasteiger partial charge in [-0.25, -0.2) is 13.1 Å². The number of nitrogens with one attached hydrogen (secondary N) is 2. The number of aromatic nitrogens is 1. The molecule has 1 aromatic heterocycles. The van der Waals surface area contributed by atoms with E-state index in [4.69, 9.17) is 4.74 Å². The summed E-state index contributed by atoms with van der Waals surface area (Å²) in [7, 11) is -3.34. The van der Waals surface area contributed by atoms with Gasteiger partial charge in [0.1, 0.15) is 5.25 Å². The minimum absolute atomic E-state index is 0.0326. The number of H-pyrrole nitrogens is 1. The van der Waals surface area contributed by atoms with E-state index in [2.05, 4.69) is 34.8 Å². The van der Waals surface area contributed by atoms with Crippen LogP contribution in [-0.4, -0.2) is 37.4 Å². The number of rotatable bonds is 3. The monoisotopic (exact) mass is 348 g/mol. The quantitative estimate of drug-likeness (QED) is 0.895. The first-order valence-electron chi connectivity index (χ1n) is 8.67. The van der Waals surface area contributed by atoms with Crippen molar-refractivity contribution in [1.29, 1.82) is 0 Å². The molecule has 0 amide bonds. The molecule has 3 atom stereocenters. The molecule has 2 N–H and O–H groups in total. The van der Waals surface area contributed by atoms with E-state index in [0.717, 1.165) is 24.8 Å². The van der Waals surface area contributed by atoms with Crippen LogP contribution in [-0.2, 0) is 27.6 Å². The highest BCUT2D eigenvalue weighted by Gasteiger charge is 2.37. The van der Waals surface area contributed by atoms with Crippen molar-refractivity contribution in [2.24, 2.45) is 0 Å². The molecule has 0 bridgehead atoms. The zero-order valence-electron chi connectivity index (χ0n) is 14.1. The van der Waals surface area contributed by atoms with E-state index in [-0.39, 0.29) is 12.1 Å². The predicted octanol–water partition coefficient (Wildman–Crippen LogP) is 2.43. The molecule has 2 aromatic rings. The maximum Gasteiger partial charge on any atom is 0.217 e. The normalized spacial score (nSPS) is 27.5. The summed E-state index contributed by atoms with van der Waals surface area (Å²) in [5, 5.41) is 0.801. The first-order chi connectivity index (χ1) is 11.4. The lowest BCUT2D eigenvalue weighted by Gasteiger charge is -2.26. The van der Waals surface area contributed by atoms with E-state index in [1.807, 2.05) is 6.92 Å². The molecule has 1 aliphatic carbocycles. The molecule has 2 heterocycles. The van der Waals surface area contributed by atoms with E-state index >= 15 is 0 Å². The number of aromatic amines is 1. The highest BCUT2D eigenvalue weighted by molar-refractivity contribution is 7.90. The topological polar surface area (TPSA) is 71.2 Å². The van der Waals surface area contributed by atoms with E-state index < -0.39 is 15.3 Å². The zero-order chi connectivity index (χ0) is 16.9. The number of hydrogen-bond acceptors (Lipinski definition) is 3. The van der Waals surface area contributed by atoms with E-state index in [1.165, 1.54) is 22.2 Å². The van der Waals surface area contributed by atoms with Crippen LogP contribution in [0.2, 0.25) is 0 Å². The Morgan fingerprint density at radius 3 is 2.88 bits per heavy atom. The van der Waals surface area contributed by atoms with Crippen LogP contribution in [0.3, 0.4) is 0 Å². The fourth-order valence-electron chi connectivity index (χ4n) is 4.07. The number of sulfonamides is 1. The molecule has 0 radical (unpaired) electrons. The Hall–Kier alpha value is -1.37. The molecule has 2 aliphatic rings. The second-order valence-electron chi connectivity index (χ2n) is 7.14. The molecule has 0 spiro atoms. The summed E-state index contributed by atoms with van der Waals surface area (Å²) in [5.74, 6) is 0. The molecule has 4 rings (SSSR count). The summed E-state index contributed by atoms with van der Waals surface area (Å²) in [4.78, 5) is 3.49. The van der Waals surface area contributed by atoms with Gasteiger partial charge in [0.15, 0.2) is 0 Å². The van der Waals surface area contributed by atoms with E-state index in [0.29, 0.717) is 13.0 Å². The van der Waals surface area contributed by atoms with Gasteiger partial charge in [0.2, 0.25) is 10.0 Å². The number of hydrogen-bond donors (Lipinski definition) is 2. The summed E-state index contributed by atoms with van der Waals surface area (Å²) in [6.07, 6.45) is 2.82. The molecular formula is C18H24N2O3S. The van der Waals surface area contributed by atoms with Crippen molar-refractivity contribution in [1.82, 2.24) is 9.71 Å². The summed E-state index contributed by atoms with van der Waals surface area (Å²) < 4.78 is 33.7. The van der Waals surface area contributed by atoms with Gasteiger partial charge in [0, 0.05) is 29.2 Å². The highest BCUT2D eigenvalue weighted by Crippen LogP contribution is 2.30. The molecule has 6 heteroatoms. The van der Waals surface area contributed by atoms with Crippen LogP contribution >= 0.6 is 0 Å². The van der Waals surface area contributed by atoms with Gasteiger partial charge < -0.3 is 9.72 Å². The average molecular weight is 348 g/mol. The van der Waals surface area contributed by atoms with E-state index in [1.54, 1.807) is 0 Å². The maximum atomic E-state index is 12.7. The Morgan fingerprint density at radius 2 is 2.12 bits per heavy atom. The minimum Gasteiger partial charge on any atom is -0.377 e. The molecule has 1 saturated heterocycles. The van der Waals surface area contributed by atoms with Crippen LogP contribution in [0.5, 0.6) is 0 Å². The standard InChI is InChI=1S/C18H24N2O3S/c1-11-3-5-16-14(9-11)15-10-13(4-6-17(15)19-16)20-24(21,22)18-7-8-23-12(18)2/h3,5,9,12-13,18-20H,4,6-8,10H2,1-2H3/t12-,13-,18+/m1/s1. The van der Waals surface area contributed by atoms with Crippen LogP contribution in [0.1, 0.15) is 36.6 Å². The number of fused-ring (bicyclic) bond motifs is 3. The van der Waals surface area contributed by atoms with Gasteiger partial charge in [-0.05, 0) is 57.2 Å². The smallest absolute Gasteiger partial charge is 0.217 e. The summed E-state index contributed by atoms with van der Waals surface area (Å²) in [6, 6.07) is 6.37. The van der Waals surface area contributed by atoms with Crippen LogP contribution in [0.4, 0.5) is 0 Å². The van der Waals surface area contributed by atoms with Gasteiger partial charge >= 0.3 is 0 Å². The van der Waals surface area contributed by atoms with Gasteiger partial charge in [-0.15, -0.1) is 0 Å². The van der Waals surface area contributed by atoms with Crippen molar-refractivity contribution >= 4 is 20.9 Å². The van der Waals surface area contributed by atoms with Crippen LogP contribution in [0.25, 0.3) is 10.9 Å². The summed E-state index contributed by atoms with van der Waals surface area (Å²) in [6.45, 7) is 4.46. The Labute approximate surface area is 142 Å². The second kappa shape index (κ2) is 5.86. The summed E-state index contributed by atoms with van der Waals surface area (Å²) >= 11 is 0. The van der Waals surface area contributed by atoms with Gasteiger partial charge in [-0.1, -0.05) is 11.6 Å². The molecule has 1 aliphatic heterocycles. The van der Waals surface area contributed by atoms with Crippen molar-refractivity contribution in [3.05, 3.63) is 35.0 Å². The largest absolute Gasteiger partial charge is 0.377 e. The maximum absolute atomic E-state index is 12.7. The SMILES string of the molecule is Cc1ccc2[nH]c3c(c2c1)C[C@H](NS(=O)(=O)[C@H]1CCO[C@@H]1C)CC3. The Morgan fingerprint density at radius 1 is 1.29 bits per heavy atom. The molecule has 0 unspecified atom stereocenters. The lowest BCUT2D eigenvalue weighted by atomic mass is 9.92. The lowest BCUT2D eigenvalue weighted by Crippen LogP contribution is -2.45. The fourth-order valence-corrected chi connectivity index (χ4v) is 5.90. The van der Waals surface area contributed by atoms with Crippen LogP contribution < -0.4 is 4.72 Å². The van der Waals surface area contributed by atoms with Crippen LogP contribution in [0.15, 0.2) is 18.2 Å². The highest BCUT2D eigenvalue weighted by atomic mass is 32.2. The Balaban J connectivity index is 1.58. The Bertz CT molecular complexity index is 872. The molecule has 5 nitrogen and oxygen atoms in total.